The van der Waals surface area contributed by atoms with E-state index in [9.17, 15) is 9.90 Å². The summed E-state index contributed by atoms with van der Waals surface area (Å²) in [6.07, 6.45) is 3.44. The largest absolute Gasteiger partial charge is 0.481 e. The van der Waals surface area contributed by atoms with E-state index >= 15 is 0 Å². The van der Waals surface area contributed by atoms with Crippen LogP contribution < -0.4 is 5.73 Å². The molecule has 1 aliphatic rings. The summed E-state index contributed by atoms with van der Waals surface area (Å²) in [6, 6.07) is 7.85. The average molecular weight is 312 g/mol. The van der Waals surface area contributed by atoms with Gasteiger partial charge in [-0.3, -0.25) is 4.79 Å². The molecule has 0 heterocycles. The van der Waals surface area contributed by atoms with E-state index in [0.29, 0.717) is 6.54 Å². The lowest BCUT2D eigenvalue weighted by molar-refractivity contribution is -0.150. The topological polar surface area (TPSA) is 63.3 Å². The molecule has 1 aliphatic carbocycles. The second kappa shape index (κ2) is 5.41. The van der Waals surface area contributed by atoms with E-state index in [2.05, 4.69) is 15.9 Å². The molecule has 0 aromatic heterocycles. The standard InChI is InChI=1S/C14H18BrNO2/c15-11-5-3-10(4-6-11)12(9-16)14(13(17)18)7-1-2-8-14/h3-6,12H,1-2,7-9,16H2,(H,17,18)/t12-/m0/s1. The van der Waals surface area contributed by atoms with E-state index in [1.807, 2.05) is 24.3 Å². The minimum absolute atomic E-state index is 0.0920. The quantitative estimate of drug-likeness (QED) is 0.898. The highest BCUT2D eigenvalue weighted by atomic mass is 79.9. The fraction of sp³-hybridized carbons (Fsp3) is 0.500. The molecular weight excluding hydrogens is 294 g/mol. The summed E-state index contributed by atoms with van der Waals surface area (Å²) in [5, 5.41) is 9.62. The second-order valence-electron chi connectivity index (χ2n) is 5.01. The molecule has 3 nitrogen and oxygen atoms in total. The molecule has 0 unspecified atom stereocenters. The molecule has 0 bridgehead atoms. The van der Waals surface area contributed by atoms with Gasteiger partial charge >= 0.3 is 5.97 Å². The van der Waals surface area contributed by atoms with Crippen LogP contribution >= 0.6 is 15.9 Å². The number of rotatable bonds is 4. The predicted octanol–water partition coefficient (Wildman–Crippen LogP) is 3.14. The Morgan fingerprint density at radius 1 is 1.33 bits per heavy atom. The molecule has 1 atom stereocenters. The van der Waals surface area contributed by atoms with Crippen molar-refractivity contribution in [1.29, 1.82) is 0 Å². The predicted molar refractivity (Wildman–Crippen MR) is 74.5 cm³/mol. The highest BCUT2D eigenvalue weighted by Gasteiger charge is 2.47. The Morgan fingerprint density at radius 3 is 2.33 bits per heavy atom. The number of carboxylic acid groups (broad SMARTS) is 1. The van der Waals surface area contributed by atoms with Gasteiger partial charge in [0.15, 0.2) is 0 Å². The lowest BCUT2D eigenvalue weighted by atomic mass is 9.70. The summed E-state index contributed by atoms with van der Waals surface area (Å²) < 4.78 is 0.998. The van der Waals surface area contributed by atoms with Crippen molar-refractivity contribution < 1.29 is 9.90 Å². The Balaban J connectivity index is 2.37. The first-order valence-electron chi connectivity index (χ1n) is 6.29. The van der Waals surface area contributed by atoms with E-state index in [4.69, 9.17) is 5.73 Å². The fourth-order valence-electron chi connectivity index (χ4n) is 3.09. The number of benzene rings is 1. The summed E-state index contributed by atoms with van der Waals surface area (Å²) in [5.41, 5.74) is 6.24. The molecule has 1 saturated carbocycles. The second-order valence-corrected chi connectivity index (χ2v) is 5.92. The van der Waals surface area contributed by atoms with Crippen LogP contribution in [-0.4, -0.2) is 17.6 Å². The molecule has 18 heavy (non-hydrogen) atoms. The van der Waals surface area contributed by atoms with Gasteiger partial charge in [-0.25, -0.2) is 0 Å². The molecular formula is C14H18BrNO2. The van der Waals surface area contributed by atoms with Crippen LogP contribution in [-0.2, 0) is 4.79 Å². The number of aliphatic carboxylic acids is 1. The van der Waals surface area contributed by atoms with Gasteiger partial charge in [0.25, 0.3) is 0 Å². The van der Waals surface area contributed by atoms with Gasteiger partial charge in [0.05, 0.1) is 5.41 Å². The normalized spacial score (nSPS) is 19.7. The zero-order chi connectivity index (χ0) is 13.2. The van der Waals surface area contributed by atoms with Gasteiger partial charge < -0.3 is 10.8 Å². The van der Waals surface area contributed by atoms with Crippen molar-refractivity contribution in [1.82, 2.24) is 0 Å². The zero-order valence-electron chi connectivity index (χ0n) is 10.2. The minimum atomic E-state index is -0.696. The third kappa shape index (κ3) is 2.31. The maximum atomic E-state index is 11.7. The average Bonchev–Trinajstić information content (AvgIpc) is 2.83. The molecule has 1 aromatic rings. The van der Waals surface area contributed by atoms with Crippen molar-refractivity contribution >= 4 is 21.9 Å². The van der Waals surface area contributed by atoms with Crippen molar-refractivity contribution in [2.24, 2.45) is 11.1 Å². The fourth-order valence-corrected chi connectivity index (χ4v) is 3.36. The van der Waals surface area contributed by atoms with Crippen LogP contribution in [0.2, 0.25) is 0 Å². The van der Waals surface area contributed by atoms with E-state index in [-0.39, 0.29) is 5.92 Å². The summed E-state index contributed by atoms with van der Waals surface area (Å²) in [6.45, 7) is 0.383. The summed E-state index contributed by atoms with van der Waals surface area (Å²) >= 11 is 3.39. The van der Waals surface area contributed by atoms with Crippen molar-refractivity contribution in [3.63, 3.8) is 0 Å². The number of hydrogen-bond acceptors (Lipinski definition) is 2. The van der Waals surface area contributed by atoms with E-state index in [0.717, 1.165) is 35.7 Å². The molecule has 0 aliphatic heterocycles. The number of hydrogen-bond donors (Lipinski definition) is 2. The van der Waals surface area contributed by atoms with Gasteiger partial charge in [0.2, 0.25) is 0 Å². The summed E-state index contributed by atoms with van der Waals surface area (Å²) in [5.74, 6) is -0.788. The van der Waals surface area contributed by atoms with Gasteiger partial charge in [0, 0.05) is 16.9 Å². The Labute approximate surface area is 116 Å². The first-order valence-corrected chi connectivity index (χ1v) is 7.08. The summed E-state index contributed by atoms with van der Waals surface area (Å²) in [4.78, 5) is 11.7. The zero-order valence-corrected chi connectivity index (χ0v) is 11.8. The van der Waals surface area contributed by atoms with Crippen molar-refractivity contribution in [2.45, 2.75) is 31.6 Å². The van der Waals surface area contributed by atoms with Gasteiger partial charge in [-0.15, -0.1) is 0 Å². The molecule has 3 N–H and O–H groups in total. The van der Waals surface area contributed by atoms with Crippen LogP contribution in [0.25, 0.3) is 0 Å². The van der Waals surface area contributed by atoms with Crippen molar-refractivity contribution in [3.05, 3.63) is 34.3 Å². The van der Waals surface area contributed by atoms with Crippen molar-refractivity contribution in [2.75, 3.05) is 6.54 Å². The molecule has 0 amide bonds. The molecule has 0 radical (unpaired) electrons. The molecule has 4 heteroatoms. The first kappa shape index (κ1) is 13.6. The maximum Gasteiger partial charge on any atom is 0.310 e. The SMILES string of the molecule is NC[C@@H](c1ccc(Br)cc1)C1(C(=O)O)CCCC1. The third-order valence-corrected chi connectivity index (χ3v) is 4.63. The van der Waals surface area contributed by atoms with Crippen LogP contribution in [0, 0.1) is 5.41 Å². The first-order chi connectivity index (χ1) is 8.60. The number of carboxylic acids is 1. The maximum absolute atomic E-state index is 11.7. The molecule has 1 aromatic carbocycles. The lowest BCUT2D eigenvalue weighted by Gasteiger charge is -2.33. The smallest absolute Gasteiger partial charge is 0.310 e. The number of carbonyl (C=O) groups is 1. The number of halogens is 1. The van der Waals surface area contributed by atoms with Crippen LogP contribution in [0.1, 0.15) is 37.2 Å². The molecule has 0 saturated heterocycles. The molecule has 2 rings (SSSR count). The summed E-state index contributed by atoms with van der Waals surface area (Å²) in [7, 11) is 0. The highest BCUT2D eigenvalue weighted by Crippen LogP contribution is 2.48. The van der Waals surface area contributed by atoms with Gasteiger partial charge in [-0.1, -0.05) is 40.9 Å². The Bertz CT molecular complexity index is 424. The van der Waals surface area contributed by atoms with E-state index in [1.54, 1.807) is 0 Å². The van der Waals surface area contributed by atoms with Gasteiger partial charge in [0.1, 0.15) is 0 Å². The van der Waals surface area contributed by atoms with E-state index < -0.39 is 11.4 Å². The lowest BCUT2D eigenvalue weighted by Crippen LogP contribution is -2.38. The third-order valence-electron chi connectivity index (χ3n) is 4.10. The van der Waals surface area contributed by atoms with Crippen molar-refractivity contribution in [3.8, 4) is 0 Å². The molecule has 0 spiro atoms. The van der Waals surface area contributed by atoms with Crippen LogP contribution in [0.15, 0.2) is 28.7 Å². The highest BCUT2D eigenvalue weighted by molar-refractivity contribution is 9.10. The minimum Gasteiger partial charge on any atom is -0.481 e. The number of nitrogens with two attached hydrogens (primary N) is 1. The Morgan fingerprint density at radius 2 is 1.89 bits per heavy atom. The van der Waals surface area contributed by atoms with Crippen LogP contribution in [0.4, 0.5) is 0 Å². The Hall–Kier alpha value is -0.870. The molecule has 98 valence electrons. The van der Waals surface area contributed by atoms with Gasteiger partial charge in [-0.2, -0.15) is 0 Å². The Kier molecular flexibility index (Phi) is 4.07. The van der Waals surface area contributed by atoms with Crippen LogP contribution in [0.3, 0.4) is 0 Å². The van der Waals surface area contributed by atoms with Crippen LogP contribution in [0.5, 0.6) is 0 Å². The van der Waals surface area contributed by atoms with E-state index in [1.165, 1.54) is 0 Å². The monoisotopic (exact) mass is 311 g/mol. The van der Waals surface area contributed by atoms with Gasteiger partial charge in [-0.05, 0) is 30.5 Å². The molecule has 1 fully saturated rings.